The monoisotopic (exact) mass is 394 g/mol. The predicted octanol–water partition coefficient (Wildman–Crippen LogP) is 2.47. The van der Waals surface area contributed by atoms with E-state index in [1.807, 2.05) is 18.2 Å². The lowest BCUT2D eigenvalue weighted by atomic mass is 10.1. The summed E-state index contributed by atoms with van der Waals surface area (Å²) >= 11 is 0. The van der Waals surface area contributed by atoms with Gasteiger partial charge in [-0.15, -0.1) is 0 Å². The van der Waals surface area contributed by atoms with Crippen molar-refractivity contribution in [1.29, 1.82) is 0 Å². The molecule has 0 unspecified atom stereocenters. The largest absolute Gasteiger partial charge is 0.493 e. The molecule has 1 aromatic heterocycles. The summed E-state index contributed by atoms with van der Waals surface area (Å²) in [6.45, 7) is 0.422. The summed E-state index contributed by atoms with van der Waals surface area (Å²) in [6.07, 6.45) is 3.34. The van der Waals surface area contributed by atoms with Gasteiger partial charge in [-0.3, -0.25) is 14.3 Å². The number of hydrogen-bond acceptors (Lipinski definition) is 5. The Kier molecular flexibility index (Phi) is 6.47. The van der Waals surface area contributed by atoms with Crippen molar-refractivity contribution in [3.63, 3.8) is 0 Å². The van der Waals surface area contributed by atoms with Crippen LogP contribution >= 0.6 is 0 Å². The van der Waals surface area contributed by atoms with Gasteiger partial charge in [0, 0.05) is 24.6 Å². The van der Waals surface area contributed by atoms with E-state index in [4.69, 9.17) is 9.47 Å². The van der Waals surface area contributed by atoms with Crippen molar-refractivity contribution < 1.29 is 19.1 Å². The molecule has 0 aliphatic heterocycles. The molecule has 0 bridgehead atoms. The van der Waals surface area contributed by atoms with Crippen molar-refractivity contribution in [3.05, 3.63) is 72.1 Å². The number of carbonyl (C=O) groups excluding carboxylic acids is 2. The number of carbonyl (C=O) groups is 2. The van der Waals surface area contributed by atoms with E-state index in [-0.39, 0.29) is 18.4 Å². The number of para-hydroxylation sites is 1. The fourth-order valence-corrected chi connectivity index (χ4v) is 2.84. The molecule has 2 amide bonds. The number of benzene rings is 2. The highest BCUT2D eigenvalue weighted by Gasteiger charge is 2.16. The van der Waals surface area contributed by atoms with E-state index in [9.17, 15) is 9.59 Å². The lowest BCUT2D eigenvalue weighted by molar-refractivity contribution is -0.116. The molecule has 0 fully saturated rings. The first-order valence-corrected chi connectivity index (χ1v) is 8.96. The Balaban J connectivity index is 1.62. The van der Waals surface area contributed by atoms with E-state index < -0.39 is 0 Å². The summed E-state index contributed by atoms with van der Waals surface area (Å²) in [6, 6.07) is 14.2. The fraction of sp³-hybridized carbons (Fsp3) is 0.190. The smallest absolute Gasteiger partial charge is 0.255 e. The first-order valence-electron chi connectivity index (χ1n) is 8.96. The average Bonchev–Trinajstić information content (AvgIpc) is 3.24. The summed E-state index contributed by atoms with van der Waals surface area (Å²) in [5, 5.41) is 9.69. The molecular formula is C21H22N4O4. The summed E-state index contributed by atoms with van der Waals surface area (Å²) < 4.78 is 12.1. The van der Waals surface area contributed by atoms with Crippen LogP contribution < -0.4 is 20.1 Å². The highest BCUT2D eigenvalue weighted by atomic mass is 16.5. The van der Waals surface area contributed by atoms with Gasteiger partial charge in [0.25, 0.3) is 5.91 Å². The number of ether oxygens (including phenoxy) is 2. The van der Waals surface area contributed by atoms with E-state index in [0.29, 0.717) is 29.3 Å². The third kappa shape index (κ3) is 5.13. The van der Waals surface area contributed by atoms with Gasteiger partial charge in [-0.05, 0) is 35.9 Å². The molecule has 0 saturated carbocycles. The minimum atomic E-state index is -0.283. The third-order valence-electron chi connectivity index (χ3n) is 4.18. The predicted molar refractivity (Wildman–Crippen MR) is 108 cm³/mol. The van der Waals surface area contributed by atoms with E-state index in [0.717, 1.165) is 5.56 Å². The number of nitrogens with one attached hydrogen (secondary N) is 2. The van der Waals surface area contributed by atoms with Crippen molar-refractivity contribution in [2.24, 2.45) is 0 Å². The molecule has 150 valence electrons. The molecular weight excluding hydrogens is 372 g/mol. The second kappa shape index (κ2) is 9.41. The summed E-state index contributed by atoms with van der Waals surface area (Å²) in [4.78, 5) is 24.7. The molecule has 2 aromatic carbocycles. The van der Waals surface area contributed by atoms with Gasteiger partial charge in [0.05, 0.1) is 19.8 Å². The van der Waals surface area contributed by atoms with Crippen molar-refractivity contribution >= 4 is 17.5 Å². The first kappa shape index (κ1) is 19.9. The average molecular weight is 394 g/mol. The van der Waals surface area contributed by atoms with Gasteiger partial charge in [-0.25, -0.2) is 0 Å². The van der Waals surface area contributed by atoms with E-state index in [2.05, 4.69) is 15.7 Å². The van der Waals surface area contributed by atoms with Crippen LogP contribution in [0.1, 0.15) is 15.9 Å². The minimum Gasteiger partial charge on any atom is -0.493 e. The summed E-state index contributed by atoms with van der Waals surface area (Å²) in [5.74, 6) is 0.402. The molecule has 3 aromatic rings. The molecule has 0 spiro atoms. The zero-order valence-corrected chi connectivity index (χ0v) is 16.2. The van der Waals surface area contributed by atoms with Crippen molar-refractivity contribution in [3.8, 4) is 11.5 Å². The fourth-order valence-electron chi connectivity index (χ4n) is 2.84. The molecule has 0 aliphatic rings. The topological polar surface area (TPSA) is 94.5 Å². The Morgan fingerprint density at radius 2 is 1.90 bits per heavy atom. The van der Waals surface area contributed by atoms with Crippen LogP contribution in [0.3, 0.4) is 0 Å². The Labute approximate surface area is 168 Å². The van der Waals surface area contributed by atoms with Crippen LogP contribution in [0.2, 0.25) is 0 Å². The van der Waals surface area contributed by atoms with Crippen LogP contribution in [0.15, 0.2) is 60.9 Å². The van der Waals surface area contributed by atoms with Gasteiger partial charge >= 0.3 is 0 Å². The van der Waals surface area contributed by atoms with Crippen LogP contribution in [0.4, 0.5) is 5.69 Å². The minimum absolute atomic E-state index is 0.129. The van der Waals surface area contributed by atoms with Gasteiger partial charge in [0.1, 0.15) is 6.54 Å². The Morgan fingerprint density at radius 3 is 2.62 bits per heavy atom. The molecule has 1 heterocycles. The Hall–Kier alpha value is -3.81. The normalized spacial score (nSPS) is 10.3. The van der Waals surface area contributed by atoms with E-state index in [1.165, 1.54) is 14.2 Å². The second-order valence-electron chi connectivity index (χ2n) is 6.18. The maximum absolute atomic E-state index is 12.6. The number of rotatable bonds is 8. The highest BCUT2D eigenvalue weighted by molar-refractivity contribution is 5.97. The Bertz CT molecular complexity index is 986. The number of nitrogens with zero attached hydrogens (tertiary/aromatic N) is 2. The number of hydrogen-bond donors (Lipinski definition) is 2. The molecule has 8 nitrogen and oxygen atoms in total. The maximum Gasteiger partial charge on any atom is 0.255 e. The molecule has 3 rings (SSSR count). The molecule has 0 aliphatic carbocycles. The quantitative estimate of drug-likeness (QED) is 0.612. The standard InChI is InChI=1S/C21H22N4O4/c1-28-18-9-4-8-17(20(18)29-2)21(27)22-13-15-6-3-7-16(12-15)24-19(26)14-25-11-5-10-23-25/h3-12H,13-14H2,1-2H3,(H,22,27)(H,24,26). The molecule has 8 heteroatoms. The van der Waals surface area contributed by atoms with Crippen LogP contribution in [0.5, 0.6) is 11.5 Å². The van der Waals surface area contributed by atoms with E-state index in [1.54, 1.807) is 47.4 Å². The maximum atomic E-state index is 12.6. The molecule has 0 radical (unpaired) electrons. The first-order chi connectivity index (χ1) is 14.1. The van der Waals surface area contributed by atoms with Crippen molar-refractivity contribution in [2.45, 2.75) is 13.1 Å². The number of anilines is 1. The lowest BCUT2D eigenvalue weighted by Gasteiger charge is -2.13. The molecule has 29 heavy (non-hydrogen) atoms. The van der Waals surface area contributed by atoms with Gasteiger partial charge in [0.2, 0.25) is 5.91 Å². The molecule has 2 N–H and O–H groups in total. The Morgan fingerprint density at radius 1 is 1.07 bits per heavy atom. The molecule has 0 saturated heterocycles. The van der Waals surface area contributed by atoms with Crippen LogP contribution in [0, 0.1) is 0 Å². The van der Waals surface area contributed by atoms with Crippen molar-refractivity contribution in [1.82, 2.24) is 15.1 Å². The number of aromatic nitrogens is 2. The van der Waals surface area contributed by atoms with Gasteiger partial charge in [-0.2, -0.15) is 5.10 Å². The number of methoxy groups -OCH3 is 2. The number of amides is 2. The SMILES string of the molecule is COc1cccc(C(=O)NCc2cccc(NC(=O)Cn3cccn3)c2)c1OC. The van der Waals surface area contributed by atoms with Gasteiger partial charge < -0.3 is 20.1 Å². The van der Waals surface area contributed by atoms with Crippen LogP contribution in [-0.4, -0.2) is 35.8 Å². The van der Waals surface area contributed by atoms with Gasteiger partial charge in [0.15, 0.2) is 11.5 Å². The van der Waals surface area contributed by atoms with Crippen LogP contribution in [-0.2, 0) is 17.9 Å². The van der Waals surface area contributed by atoms with Crippen molar-refractivity contribution in [2.75, 3.05) is 19.5 Å². The second-order valence-corrected chi connectivity index (χ2v) is 6.18. The molecule has 0 atom stereocenters. The third-order valence-corrected chi connectivity index (χ3v) is 4.18. The van der Waals surface area contributed by atoms with Gasteiger partial charge in [-0.1, -0.05) is 18.2 Å². The zero-order valence-electron chi connectivity index (χ0n) is 16.2. The zero-order chi connectivity index (χ0) is 20.6. The van der Waals surface area contributed by atoms with E-state index >= 15 is 0 Å². The summed E-state index contributed by atoms with van der Waals surface area (Å²) in [7, 11) is 3.01. The summed E-state index contributed by atoms with van der Waals surface area (Å²) in [5.41, 5.74) is 1.88. The van der Waals surface area contributed by atoms with Crippen LogP contribution in [0.25, 0.3) is 0 Å². The lowest BCUT2D eigenvalue weighted by Crippen LogP contribution is -2.23. The highest BCUT2D eigenvalue weighted by Crippen LogP contribution is 2.30.